The highest BCUT2D eigenvalue weighted by Crippen LogP contribution is 2.32. The van der Waals surface area contributed by atoms with E-state index in [2.05, 4.69) is 16.0 Å². The van der Waals surface area contributed by atoms with Crippen molar-refractivity contribution in [2.24, 2.45) is 0 Å². The molecule has 0 saturated heterocycles. The molecule has 3 amide bonds. The fourth-order valence-corrected chi connectivity index (χ4v) is 2.42. The predicted octanol–water partition coefficient (Wildman–Crippen LogP) is 1.28. The fourth-order valence-electron chi connectivity index (χ4n) is 2.42. The van der Waals surface area contributed by atoms with E-state index in [1.54, 1.807) is 0 Å². The van der Waals surface area contributed by atoms with E-state index in [9.17, 15) is 18.8 Å². The van der Waals surface area contributed by atoms with Gasteiger partial charge in [-0.15, -0.1) is 0 Å². The maximum Gasteiger partial charge on any atom is 0.239 e. The van der Waals surface area contributed by atoms with Gasteiger partial charge >= 0.3 is 0 Å². The Morgan fingerprint density at radius 2 is 2.04 bits per heavy atom. The van der Waals surface area contributed by atoms with Crippen LogP contribution in [0.25, 0.3) is 0 Å². The van der Waals surface area contributed by atoms with Gasteiger partial charge in [-0.2, -0.15) is 0 Å². The van der Waals surface area contributed by atoms with E-state index < -0.39 is 23.2 Å². The number of nitrogens with one attached hydrogen (secondary N) is 3. The van der Waals surface area contributed by atoms with Crippen LogP contribution in [0, 0.1) is 5.82 Å². The molecular weight excluding hydrogens is 301 g/mol. The van der Waals surface area contributed by atoms with Gasteiger partial charge in [0.05, 0.1) is 12.5 Å². The molecule has 0 bridgehead atoms. The van der Waals surface area contributed by atoms with Gasteiger partial charge in [-0.3, -0.25) is 14.4 Å². The van der Waals surface area contributed by atoms with Crippen molar-refractivity contribution in [1.82, 2.24) is 10.6 Å². The summed E-state index contributed by atoms with van der Waals surface area (Å²) in [4.78, 5) is 35.7. The highest BCUT2D eigenvalue weighted by Gasteiger charge is 2.31. The molecule has 1 aliphatic heterocycles. The van der Waals surface area contributed by atoms with Crippen LogP contribution in [0.3, 0.4) is 0 Å². The van der Waals surface area contributed by atoms with Crippen LogP contribution in [-0.4, -0.2) is 29.8 Å². The Hall–Kier alpha value is -2.44. The van der Waals surface area contributed by atoms with Crippen molar-refractivity contribution in [2.45, 2.75) is 38.6 Å². The van der Waals surface area contributed by atoms with Gasteiger partial charge in [0.25, 0.3) is 0 Å². The minimum absolute atomic E-state index is 0.0364. The molecule has 0 aliphatic carbocycles. The molecule has 0 radical (unpaired) electrons. The molecule has 7 heteroatoms. The average Bonchev–Trinajstić information content (AvgIpc) is 2.41. The third-order valence-electron chi connectivity index (χ3n) is 3.31. The van der Waals surface area contributed by atoms with Gasteiger partial charge in [0, 0.05) is 17.6 Å². The Labute approximate surface area is 133 Å². The second-order valence-electron chi connectivity index (χ2n) is 6.55. The van der Waals surface area contributed by atoms with Crippen molar-refractivity contribution in [1.29, 1.82) is 0 Å². The van der Waals surface area contributed by atoms with E-state index in [4.69, 9.17) is 0 Å². The standard InChI is InChI=1S/C16H20FN3O3/c1-16(2,3)20-14(22)8-18-15(23)11-7-13(21)19-12-6-9(17)4-5-10(11)12/h4-6,11H,7-8H2,1-3H3,(H,18,23)(H,19,21)(H,20,22). The Balaban J connectivity index is 2.06. The molecule has 1 unspecified atom stereocenters. The summed E-state index contributed by atoms with van der Waals surface area (Å²) in [5, 5.41) is 7.80. The first-order chi connectivity index (χ1) is 10.7. The van der Waals surface area contributed by atoms with Gasteiger partial charge in [0.2, 0.25) is 17.7 Å². The fraction of sp³-hybridized carbons (Fsp3) is 0.438. The van der Waals surface area contributed by atoms with Gasteiger partial charge in [0.15, 0.2) is 0 Å². The number of hydrogen-bond acceptors (Lipinski definition) is 3. The van der Waals surface area contributed by atoms with Gasteiger partial charge in [0.1, 0.15) is 5.82 Å². The van der Waals surface area contributed by atoms with Crippen molar-refractivity contribution in [3.8, 4) is 0 Å². The summed E-state index contributed by atoms with van der Waals surface area (Å²) in [7, 11) is 0. The summed E-state index contributed by atoms with van der Waals surface area (Å²) >= 11 is 0. The lowest BCUT2D eigenvalue weighted by Gasteiger charge is -2.25. The molecule has 0 saturated carbocycles. The van der Waals surface area contributed by atoms with Crippen LogP contribution in [0.15, 0.2) is 18.2 Å². The zero-order valence-electron chi connectivity index (χ0n) is 13.3. The lowest BCUT2D eigenvalue weighted by molar-refractivity contribution is -0.129. The first-order valence-corrected chi connectivity index (χ1v) is 7.34. The number of halogens is 1. The number of anilines is 1. The van der Waals surface area contributed by atoms with Crippen molar-refractivity contribution >= 4 is 23.4 Å². The number of carbonyl (C=O) groups excluding carboxylic acids is 3. The Morgan fingerprint density at radius 3 is 2.70 bits per heavy atom. The first kappa shape index (κ1) is 16.9. The minimum Gasteiger partial charge on any atom is -0.350 e. The summed E-state index contributed by atoms with van der Waals surface area (Å²) in [5.74, 6) is -2.33. The van der Waals surface area contributed by atoms with E-state index in [0.29, 0.717) is 11.3 Å². The van der Waals surface area contributed by atoms with Crippen LogP contribution >= 0.6 is 0 Å². The van der Waals surface area contributed by atoms with Crippen LogP contribution in [0.2, 0.25) is 0 Å². The molecule has 0 aromatic heterocycles. The van der Waals surface area contributed by atoms with Crippen molar-refractivity contribution in [3.05, 3.63) is 29.6 Å². The Bertz CT molecular complexity index is 652. The lowest BCUT2D eigenvalue weighted by Crippen LogP contribution is -2.47. The summed E-state index contributed by atoms with van der Waals surface area (Å²) < 4.78 is 13.3. The van der Waals surface area contributed by atoms with Gasteiger partial charge in [-0.25, -0.2) is 4.39 Å². The Kier molecular flexibility index (Phi) is 4.68. The molecule has 0 spiro atoms. The zero-order valence-corrected chi connectivity index (χ0v) is 13.3. The van der Waals surface area contributed by atoms with Crippen LogP contribution < -0.4 is 16.0 Å². The van der Waals surface area contributed by atoms with E-state index in [-0.39, 0.29) is 24.8 Å². The zero-order chi connectivity index (χ0) is 17.2. The number of amides is 3. The molecule has 23 heavy (non-hydrogen) atoms. The smallest absolute Gasteiger partial charge is 0.239 e. The van der Waals surface area contributed by atoms with Crippen molar-refractivity contribution in [3.63, 3.8) is 0 Å². The van der Waals surface area contributed by atoms with E-state index in [1.165, 1.54) is 18.2 Å². The summed E-state index contributed by atoms with van der Waals surface area (Å²) in [6.45, 7) is 5.33. The SMILES string of the molecule is CC(C)(C)NC(=O)CNC(=O)C1CC(=O)Nc2cc(F)ccc21. The van der Waals surface area contributed by atoms with Crippen LogP contribution in [-0.2, 0) is 14.4 Å². The van der Waals surface area contributed by atoms with Gasteiger partial charge < -0.3 is 16.0 Å². The molecule has 124 valence electrons. The second kappa shape index (κ2) is 6.36. The monoisotopic (exact) mass is 321 g/mol. The highest BCUT2D eigenvalue weighted by molar-refractivity contribution is 6.01. The molecule has 6 nitrogen and oxygen atoms in total. The molecule has 2 rings (SSSR count). The normalized spacial score (nSPS) is 17.0. The summed E-state index contributed by atoms with van der Waals surface area (Å²) in [5.41, 5.74) is 0.441. The molecule has 1 aliphatic rings. The highest BCUT2D eigenvalue weighted by atomic mass is 19.1. The number of carbonyl (C=O) groups is 3. The third-order valence-corrected chi connectivity index (χ3v) is 3.31. The van der Waals surface area contributed by atoms with Gasteiger partial charge in [-0.05, 0) is 38.5 Å². The molecule has 1 heterocycles. The average molecular weight is 321 g/mol. The van der Waals surface area contributed by atoms with E-state index >= 15 is 0 Å². The van der Waals surface area contributed by atoms with Crippen molar-refractivity contribution < 1.29 is 18.8 Å². The maximum atomic E-state index is 13.3. The van der Waals surface area contributed by atoms with Crippen LogP contribution in [0.1, 0.15) is 38.7 Å². The molecular formula is C16H20FN3O3. The minimum atomic E-state index is -0.734. The van der Waals surface area contributed by atoms with Gasteiger partial charge in [-0.1, -0.05) is 6.07 Å². The molecule has 0 fully saturated rings. The lowest BCUT2D eigenvalue weighted by atomic mass is 9.89. The summed E-state index contributed by atoms with van der Waals surface area (Å²) in [6, 6.07) is 3.89. The van der Waals surface area contributed by atoms with Crippen LogP contribution in [0.5, 0.6) is 0 Å². The van der Waals surface area contributed by atoms with E-state index in [1.807, 2.05) is 20.8 Å². The maximum absolute atomic E-state index is 13.3. The second-order valence-corrected chi connectivity index (χ2v) is 6.55. The van der Waals surface area contributed by atoms with Crippen molar-refractivity contribution in [2.75, 3.05) is 11.9 Å². The topological polar surface area (TPSA) is 87.3 Å². The summed E-state index contributed by atoms with van der Waals surface area (Å²) in [6.07, 6.45) is -0.0364. The largest absolute Gasteiger partial charge is 0.350 e. The molecule has 1 aromatic carbocycles. The van der Waals surface area contributed by atoms with Crippen LogP contribution in [0.4, 0.5) is 10.1 Å². The number of benzene rings is 1. The Morgan fingerprint density at radius 1 is 1.35 bits per heavy atom. The number of rotatable bonds is 3. The number of hydrogen-bond donors (Lipinski definition) is 3. The molecule has 1 aromatic rings. The third kappa shape index (κ3) is 4.51. The predicted molar refractivity (Wildman–Crippen MR) is 83.3 cm³/mol. The first-order valence-electron chi connectivity index (χ1n) is 7.34. The molecule has 1 atom stereocenters. The number of fused-ring (bicyclic) bond motifs is 1. The molecule has 3 N–H and O–H groups in total. The quantitative estimate of drug-likeness (QED) is 0.784. The van der Waals surface area contributed by atoms with E-state index in [0.717, 1.165) is 0 Å².